The highest BCUT2D eigenvalue weighted by Crippen LogP contribution is 2.26. The van der Waals surface area contributed by atoms with Crippen molar-refractivity contribution in [3.05, 3.63) is 54.1 Å². The maximum Gasteiger partial charge on any atom is 0.234 e. The average Bonchev–Trinajstić information content (AvgIpc) is 2.74. The van der Waals surface area contributed by atoms with Crippen LogP contribution in [0.4, 0.5) is 11.4 Å². The highest BCUT2D eigenvalue weighted by Gasteiger charge is 2.20. The largest absolute Gasteiger partial charge is 0.326 e. The van der Waals surface area contributed by atoms with Gasteiger partial charge in [-0.05, 0) is 60.7 Å². The van der Waals surface area contributed by atoms with E-state index in [2.05, 4.69) is 24.5 Å². The molecule has 0 heterocycles. The summed E-state index contributed by atoms with van der Waals surface area (Å²) in [5.41, 5.74) is 2.90. The van der Waals surface area contributed by atoms with Gasteiger partial charge in [0.05, 0.1) is 5.75 Å². The van der Waals surface area contributed by atoms with Gasteiger partial charge in [-0.3, -0.25) is 9.59 Å². The monoisotopic (exact) mass is 410 g/mol. The van der Waals surface area contributed by atoms with Crippen molar-refractivity contribution in [2.24, 2.45) is 5.92 Å². The molecule has 5 heteroatoms. The lowest BCUT2D eigenvalue weighted by Gasteiger charge is -2.20. The topological polar surface area (TPSA) is 58.2 Å². The summed E-state index contributed by atoms with van der Waals surface area (Å²) < 4.78 is 0. The zero-order valence-electron chi connectivity index (χ0n) is 17.2. The summed E-state index contributed by atoms with van der Waals surface area (Å²) in [7, 11) is 0. The Morgan fingerprint density at radius 3 is 2.10 bits per heavy atom. The first-order valence-corrected chi connectivity index (χ1v) is 11.4. The van der Waals surface area contributed by atoms with Crippen molar-refractivity contribution in [1.82, 2.24) is 0 Å². The summed E-state index contributed by atoms with van der Waals surface area (Å²) in [6.07, 6.45) is 5.53. The summed E-state index contributed by atoms with van der Waals surface area (Å²) >= 11 is 1.49. The van der Waals surface area contributed by atoms with E-state index in [1.54, 1.807) is 0 Å². The molecule has 2 N–H and O–H groups in total. The zero-order chi connectivity index (χ0) is 20.6. The minimum Gasteiger partial charge on any atom is -0.326 e. The number of hydrogen-bond donors (Lipinski definition) is 2. The zero-order valence-corrected chi connectivity index (χ0v) is 18.1. The van der Waals surface area contributed by atoms with Crippen LogP contribution < -0.4 is 10.6 Å². The molecule has 154 valence electrons. The molecule has 1 aliphatic carbocycles. The van der Waals surface area contributed by atoms with Crippen molar-refractivity contribution in [3.63, 3.8) is 0 Å². The molecule has 0 saturated heterocycles. The van der Waals surface area contributed by atoms with Crippen LogP contribution in [0.25, 0.3) is 0 Å². The van der Waals surface area contributed by atoms with Gasteiger partial charge >= 0.3 is 0 Å². The van der Waals surface area contributed by atoms with E-state index in [1.807, 2.05) is 48.5 Å². The van der Waals surface area contributed by atoms with Gasteiger partial charge in [0.1, 0.15) is 0 Å². The average molecular weight is 411 g/mol. The SMILES string of the molecule is CC(C)c1ccc(NC(=O)CSc2ccc(NC(=O)C3CCCCC3)cc2)cc1. The number of amides is 2. The second-order valence-electron chi connectivity index (χ2n) is 7.96. The highest BCUT2D eigenvalue weighted by molar-refractivity contribution is 8.00. The number of nitrogens with one attached hydrogen (secondary N) is 2. The summed E-state index contributed by atoms with van der Waals surface area (Å²) in [6, 6.07) is 15.7. The number of rotatable bonds is 7. The van der Waals surface area contributed by atoms with Crippen LogP contribution >= 0.6 is 11.8 Å². The first-order chi connectivity index (χ1) is 14.0. The van der Waals surface area contributed by atoms with Gasteiger partial charge in [0.15, 0.2) is 0 Å². The molecule has 0 unspecified atom stereocenters. The minimum absolute atomic E-state index is 0.0259. The third-order valence-corrected chi connectivity index (χ3v) is 6.34. The maximum atomic E-state index is 12.3. The predicted octanol–water partition coefficient (Wildman–Crippen LogP) is 6.06. The Bertz CT molecular complexity index is 810. The van der Waals surface area contributed by atoms with Crippen molar-refractivity contribution >= 4 is 35.0 Å². The number of carbonyl (C=O) groups excluding carboxylic acids is 2. The normalized spacial score (nSPS) is 14.6. The Morgan fingerprint density at radius 1 is 0.897 bits per heavy atom. The molecule has 2 amide bonds. The number of carbonyl (C=O) groups is 2. The van der Waals surface area contributed by atoms with Gasteiger partial charge in [0.25, 0.3) is 0 Å². The van der Waals surface area contributed by atoms with Gasteiger partial charge in [-0.2, -0.15) is 0 Å². The van der Waals surface area contributed by atoms with Crippen LogP contribution in [0.2, 0.25) is 0 Å². The van der Waals surface area contributed by atoms with Crippen LogP contribution in [0.3, 0.4) is 0 Å². The Morgan fingerprint density at radius 2 is 1.48 bits per heavy atom. The third-order valence-electron chi connectivity index (χ3n) is 5.33. The fourth-order valence-electron chi connectivity index (χ4n) is 3.54. The van der Waals surface area contributed by atoms with E-state index < -0.39 is 0 Å². The first kappa shape index (κ1) is 21.4. The Kier molecular flexibility index (Phi) is 7.76. The van der Waals surface area contributed by atoms with E-state index in [0.29, 0.717) is 11.7 Å². The lowest BCUT2D eigenvalue weighted by Crippen LogP contribution is -2.24. The summed E-state index contributed by atoms with van der Waals surface area (Å²) in [4.78, 5) is 25.5. The number of benzene rings is 2. The Hall–Kier alpha value is -2.27. The summed E-state index contributed by atoms with van der Waals surface area (Å²) in [5, 5.41) is 5.96. The van der Waals surface area contributed by atoms with E-state index in [0.717, 1.165) is 42.0 Å². The number of anilines is 2. The lowest BCUT2D eigenvalue weighted by molar-refractivity contribution is -0.120. The van der Waals surface area contributed by atoms with Gasteiger partial charge in [0.2, 0.25) is 11.8 Å². The second-order valence-corrected chi connectivity index (χ2v) is 9.01. The van der Waals surface area contributed by atoms with E-state index in [1.165, 1.54) is 23.7 Å². The van der Waals surface area contributed by atoms with Crippen molar-refractivity contribution in [1.29, 1.82) is 0 Å². The molecule has 0 spiro atoms. The van der Waals surface area contributed by atoms with Crippen LogP contribution in [0.5, 0.6) is 0 Å². The molecular weight excluding hydrogens is 380 g/mol. The highest BCUT2D eigenvalue weighted by atomic mass is 32.2. The van der Waals surface area contributed by atoms with Gasteiger partial charge in [-0.15, -0.1) is 11.8 Å². The molecular formula is C24H30N2O2S. The molecule has 2 aromatic carbocycles. The van der Waals surface area contributed by atoms with Crippen molar-refractivity contribution in [2.45, 2.75) is 56.8 Å². The standard InChI is InChI=1S/C24H30N2O2S/c1-17(2)18-8-10-20(11-9-18)25-23(27)16-29-22-14-12-21(13-15-22)26-24(28)19-6-4-3-5-7-19/h8-15,17,19H,3-7,16H2,1-2H3,(H,25,27)(H,26,28). The van der Waals surface area contributed by atoms with Gasteiger partial charge in [-0.1, -0.05) is 45.2 Å². The van der Waals surface area contributed by atoms with Crippen LogP contribution in [0.15, 0.2) is 53.4 Å². The smallest absolute Gasteiger partial charge is 0.234 e. The Labute approximate surface area is 177 Å². The van der Waals surface area contributed by atoms with Gasteiger partial charge in [-0.25, -0.2) is 0 Å². The van der Waals surface area contributed by atoms with Gasteiger partial charge in [0, 0.05) is 22.2 Å². The molecule has 0 radical (unpaired) electrons. The van der Waals surface area contributed by atoms with E-state index >= 15 is 0 Å². The molecule has 0 atom stereocenters. The van der Waals surface area contributed by atoms with E-state index in [9.17, 15) is 9.59 Å². The van der Waals surface area contributed by atoms with E-state index in [-0.39, 0.29) is 17.7 Å². The van der Waals surface area contributed by atoms with Crippen molar-refractivity contribution < 1.29 is 9.59 Å². The second kappa shape index (κ2) is 10.5. The third kappa shape index (κ3) is 6.64. The summed E-state index contributed by atoms with van der Waals surface area (Å²) in [5.74, 6) is 1.08. The fraction of sp³-hybridized carbons (Fsp3) is 0.417. The Balaban J connectivity index is 1.44. The van der Waals surface area contributed by atoms with E-state index in [4.69, 9.17) is 0 Å². The van der Waals surface area contributed by atoms with Crippen LogP contribution in [0, 0.1) is 5.92 Å². The van der Waals surface area contributed by atoms with Crippen LogP contribution in [-0.2, 0) is 9.59 Å². The maximum absolute atomic E-state index is 12.3. The molecule has 1 saturated carbocycles. The van der Waals surface area contributed by atoms with Crippen molar-refractivity contribution in [3.8, 4) is 0 Å². The van der Waals surface area contributed by atoms with Crippen LogP contribution in [0.1, 0.15) is 57.4 Å². The fourth-order valence-corrected chi connectivity index (χ4v) is 4.24. The minimum atomic E-state index is -0.0259. The van der Waals surface area contributed by atoms with Crippen LogP contribution in [-0.4, -0.2) is 17.6 Å². The molecule has 1 aliphatic rings. The molecule has 4 nitrogen and oxygen atoms in total. The number of hydrogen-bond acceptors (Lipinski definition) is 3. The first-order valence-electron chi connectivity index (χ1n) is 10.4. The molecule has 1 fully saturated rings. The quantitative estimate of drug-likeness (QED) is 0.546. The number of thioether (sulfide) groups is 1. The van der Waals surface area contributed by atoms with Gasteiger partial charge < -0.3 is 10.6 Å². The lowest BCUT2D eigenvalue weighted by atomic mass is 9.88. The molecule has 2 aromatic rings. The molecule has 0 bridgehead atoms. The predicted molar refractivity (Wildman–Crippen MR) is 122 cm³/mol. The molecule has 3 rings (SSSR count). The molecule has 29 heavy (non-hydrogen) atoms. The van der Waals surface area contributed by atoms with Crippen molar-refractivity contribution in [2.75, 3.05) is 16.4 Å². The molecule has 0 aliphatic heterocycles. The molecule has 0 aromatic heterocycles. The summed E-state index contributed by atoms with van der Waals surface area (Å²) in [6.45, 7) is 4.30.